The fourth-order valence-corrected chi connectivity index (χ4v) is 2.99. The van der Waals surface area contributed by atoms with E-state index in [4.69, 9.17) is 5.73 Å². The zero-order valence-electron chi connectivity index (χ0n) is 12.2. The van der Waals surface area contributed by atoms with Crippen molar-refractivity contribution in [2.75, 3.05) is 11.4 Å². The summed E-state index contributed by atoms with van der Waals surface area (Å²) in [6, 6.07) is 9.20. The Morgan fingerprint density at radius 3 is 2.95 bits per heavy atom. The molecule has 1 aliphatic heterocycles. The molecule has 2 aromatic rings. The van der Waals surface area contributed by atoms with E-state index in [1.165, 1.54) is 16.9 Å². The predicted molar refractivity (Wildman–Crippen MR) is 81.8 cm³/mol. The minimum Gasteiger partial charge on any atom is -0.364 e. The second kappa shape index (κ2) is 5.29. The van der Waals surface area contributed by atoms with Gasteiger partial charge >= 0.3 is 0 Å². The van der Waals surface area contributed by atoms with E-state index in [0.29, 0.717) is 6.04 Å². The summed E-state index contributed by atoms with van der Waals surface area (Å²) >= 11 is 0. The molecule has 106 valence electrons. The third-order valence-corrected chi connectivity index (χ3v) is 3.92. The molecule has 1 unspecified atom stereocenters. The van der Waals surface area contributed by atoms with E-state index in [9.17, 15) is 0 Å². The van der Waals surface area contributed by atoms with Crippen LogP contribution in [-0.2, 0) is 13.0 Å². The average Bonchev–Trinajstić information content (AvgIpc) is 2.87. The lowest BCUT2D eigenvalue weighted by Crippen LogP contribution is -2.43. The van der Waals surface area contributed by atoms with Crippen LogP contribution in [0.2, 0.25) is 0 Å². The van der Waals surface area contributed by atoms with Gasteiger partial charge in [0, 0.05) is 30.5 Å². The third kappa shape index (κ3) is 2.43. The fourth-order valence-electron chi connectivity index (χ4n) is 2.99. The van der Waals surface area contributed by atoms with Gasteiger partial charge in [-0.1, -0.05) is 18.2 Å². The zero-order chi connectivity index (χ0) is 14.1. The third-order valence-electron chi connectivity index (χ3n) is 3.92. The highest BCUT2D eigenvalue weighted by molar-refractivity contribution is 5.56. The lowest BCUT2D eigenvalue weighted by atomic mass is 9.98. The van der Waals surface area contributed by atoms with Gasteiger partial charge in [0.25, 0.3) is 0 Å². The van der Waals surface area contributed by atoms with Gasteiger partial charge in [0.05, 0.1) is 18.6 Å². The summed E-state index contributed by atoms with van der Waals surface area (Å²) < 4.78 is 2.22. The van der Waals surface area contributed by atoms with Gasteiger partial charge in [-0.05, 0) is 31.9 Å². The number of benzene rings is 1. The Morgan fingerprint density at radius 1 is 1.35 bits per heavy atom. The number of aromatic nitrogens is 2. The molecule has 0 radical (unpaired) electrons. The Kier molecular flexibility index (Phi) is 3.49. The summed E-state index contributed by atoms with van der Waals surface area (Å²) in [6.45, 7) is 6.13. The Balaban J connectivity index is 1.89. The molecule has 0 bridgehead atoms. The predicted octanol–water partition coefficient (Wildman–Crippen LogP) is 2.35. The summed E-state index contributed by atoms with van der Waals surface area (Å²) in [5.41, 5.74) is 10.1. The van der Waals surface area contributed by atoms with Crippen molar-refractivity contribution in [3.05, 3.63) is 48.0 Å². The van der Waals surface area contributed by atoms with E-state index in [-0.39, 0.29) is 6.04 Å². The van der Waals surface area contributed by atoms with Crippen LogP contribution in [0.5, 0.6) is 0 Å². The second-order valence-electron chi connectivity index (χ2n) is 5.86. The molecular formula is C16H22N4. The summed E-state index contributed by atoms with van der Waals surface area (Å²) in [5.74, 6) is 0. The summed E-state index contributed by atoms with van der Waals surface area (Å²) in [7, 11) is 0. The molecular weight excluding hydrogens is 248 g/mol. The first kappa shape index (κ1) is 13.2. The molecule has 0 fully saturated rings. The molecule has 0 spiro atoms. The quantitative estimate of drug-likeness (QED) is 0.931. The molecule has 0 saturated heterocycles. The van der Waals surface area contributed by atoms with Crippen LogP contribution in [0, 0.1) is 0 Å². The van der Waals surface area contributed by atoms with Crippen LogP contribution in [0.15, 0.2) is 36.8 Å². The maximum atomic E-state index is 6.20. The second-order valence-corrected chi connectivity index (χ2v) is 5.86. The lowest BCUT2D eigenvalue weighted by molar-refractivity contribution is 0.548. The van der Waals surface area contributed by atoms with Crippen molar-refractivity contribution in [3.8, 4) is 0 Å². The normalized spacial score (nSPS) is 18.4. The van der Waals surface area contributed by atoms with Crippen LogP contribution in [0.4, 0.5) is 5.69 Å². The highest BCUT2D eigenvalue weighted by Crippen LogP contribution is 2.28. The molecule has 0 aliphatic carbocycles. The van der Waals surface area contributed by atoms with Gasteiger partial charge < -0.3 is 15.2 Å². The summed E-state index contributed by atoms with van der Waals surface area (Å²) in [6.07, 6.45) is 4.84. The van der Waals surface area contributed by atoms with E-state index in [1.54, 1.807) is 0 Å². The minimum absolute atomic E-state index is 0.209. The number of nitrogens with zero attached hydrogens (tertiary/aromatic N) is 3. The van der Waals surface area contributed by atoms with Gasteiger partial charge in [-0.3, -0.25) is 0 Å². The fraction of sp³-hybridized carbons (Fsp3) is 0.438. The van der Waals surface area contributed by atoms with Crippen molar-refractivity contribution < 1.29 is 0 Å². The topological polar surface area (TPSA) is 47.1 Å². The number of fused-ring (bicyclic) bond motifs is 1. The first-order valence-corrected chi connectivity index (χ1v) is 7.24. The van der Waals surface area contributed by atoms with Gasteiger partial charge in [0.1, 0.15) is 0 Å². The highest BCUT2D eigenvalue weighted by Gasteiger charge is 2.22. The minimum atomic E-state index is 0.209. The lowest BCUT2D eigenvalue weighted by Gasteiger charge is -2.35. The van der Waals surface area contributed by atoms with Crippen molar-refractivity contribution in [1.29, 1.82) is 0 Å². The van der Waals surface area contributed by atoms with Crippen LogP contribution in [0.1, 0.15) is 31.1 Å². The van der Waals surface area contributed by atoms with Crippen LogP contribution in [-0.4, -0.2) is 22.1 Å². The van der Waals surface area contributed by atoms with Crippen molar-refractivity contribution in [2.24, 2.45) is 5.73 Å². The molecule has 4 nitrogen and oxygen atoms in total. The average molecular weight is 270 g/mol. The molecule has 3 rings (SSSR count). The maximum Gasteiger partial charge on any atom is 0.0951 e. The van der Waals surface area contributed by atoms with Gasteiger partial charge in [-0.2, -0.15) is 0 Å². The number of para-hydroxylation sites is 1. The number of imidazole rings is 1. The van der Waals surface area contributed by atoms with E-state index < -0.39 is 0 Å². The summed E-state index contributed by atoms with van der Waals surface area (Å²) in [4.78, 5) is 6.66. The SMILES string of the molecule is CC(C)n1cncc1CN1CC(N)Cc2ccccc21. The monoisotopic (exact) mass is 270 g/mol. The number of rotatable bonds is 3. The van der Waals surface area contributed by atoms with E-state index in [1.807, 2.05) is 12.5 Å². The molecule has 20 heavy (non-hydrogen) atoms. The van der Waals surface area contributed by atoms with E-state index in [2.05, 4.69) is 52.6 Å². The summed E-state index contributed by atoms with van der Waals surface area (Å²) in [5, 5.41) is 0. The number of nitrogens with two attached hydrogens (primary N) is 1. The van der Waals surface area contributed by atoms with Crippen molar-refractivity contribution in [1.82, 2.24) is 9.55 Å². The van der Waals surface area contributed by atoms with Gasteiger partial charge in [0.2, 0.25) is 0 Å². The van der Waals surface area contributed by atoms with E-state index >= 15 is 0 Å². The molecule has 0 saturated carbocycles. The molecule has 2 N–H and O–H groups in total. The number of anilines is 1. The molecule has 1 aromatic heterocycles. The van der Waals surface area contributed by atoms with Crippen LogP contribution in [0.3, 0.4) is 0 Å². The molecule has 1 aliphatic rings. The van der Waals surface area contributed by atoms with Crippen molar-refractivity contribution >= 4 is 5.69 Å². The van der Waals surface area contributed by atoms with Crippen molar-refractivity contribution in [3.63, 3.8) is 0 Å². The molecule has 1 atom stereocenters. The molecule has 0 amide bonds. The van der Waals surface area contributed by atoms with Gasteiger partial charge in [-0.25, -0.2) is 4.98 Å². The standard InChI is InChI=1S/C16H22N4/c1-12(2)20-11-18-8-15(20)10-19-9-14(17)7-13-5-3-4-6-16(13)19/h3-6,8,11-12,14H,7,9-10,17H2,1-2H3. The van der Waals surface area contributed by atoms with E-state index in [0.717, 1.165) is 19.5 Å². The van der Waals surface area contributed by atoms with Crippen LogP contribution < -0.4 is 10.6 Å². The molecule has 2 heterocycles. The smallest absolute Gasteiger partial charge is 0.0951 e. The molecule has 1 aromatic carbocycles. The molecule has 4 heteroatoms. The zero-order valence-corrected chi connectivity index (χ0v) is 12.2. The first-order valence-electron chi connectivity index (χ1n) is 7.24. The maximum absolute atomic E-state index is 6.20. The largest absolute Gasteiger partial charge is 0.364 e. The Hall–Kier alpha value is -1.81. The first-order chi connectivity index (χ1) is 9.65. The van der Waals surface area contributed by atoms with Crippen LogP contribution in [0.25, 0.3) is 0 Å². The van der Waals surface area contributed by atoms with Gasteiger partial charge in [-0.15, -0.1) is 0 Å². The Bertz CT molecular complexity index is 588. The highest BCUT2D eigenvalue weighted by atomic mass is 15.2. The Labute approximate surface area is 120 Å². The van der Waals surface area contributed by atoms with Crippen molar-refractivity contribution in [2.45, 2.75) is 38.9 Å². The van der Waals surface area contributed by atoms with Crippen LogP contribution >= 0.6 is 0 Å². The number of hydrogen-bond donors (Lipinski definition) is 1. The van der Waals surface area contributed by atoms with Gasteiger partial charge in [0.15, 0.2) is 0 Å². The Morgan fingerprint density at radius 2 is 2.15 bits per heavy atom. The number of hydrogen-bond acceptors (Lipinski definition) is 3.